The van der Waals surface area contributed by atoms with Crippen LogP contribution in [-0.2, 0) is 13.1 Å². The number of aromatic nitrogens is 6. The molecule has 0 aliphatic heterocycles. The lowest BCUT2D eigenvalue weighted by molar-refractivity contribution is 0.179. The molecule has 3 heterocycles. The van der Waals surface area contributed by atoms with Crippen LogP contribution in [0, 0.1) is 13.8 Å². The Kier molecular flexibility index (Phi) is 5.67. The van der Waals surface area contributed by atoms with E-state index in [0.717, 1.165) is 23.0 Å². The molecule has 0 bridgehead atoms. The van der Waals surface area contributed by atoms with Crippen LogP contribution in [-0.4, -0.2) is 45.7 Å². The first-order chi connectivity index (χ1) is 16.0. The Balaban J connectivity index is 1.43. The van der Waals surface area contributed by atoms with Crippen LogP contribution in [0.2, 0.25) is 0 Å². The molecule has 2 aromatic carbocycles. The lowest BCUT2D eigenvalue weighted by atomic mass is 10.1. The molecule has 170 valence electrons. The van der Waals surface area contributed by atoms with E-state index in [1.165, 1.54) is 22.9 Å². The summed E-state index contributed by atoms with van der Waals surface area (Å²) in [4.78, 5) is 17.4. The highest BCUT2D eigenvalue weighted by Gasteiger charge is 2.18. The molecule has 3 aromatic heterocycles. The summed E-state index contributed by atoms with van der Waals surface area (Å²) in [5, 5.41) is 20.8. The van der Waals surface area contributed by atoms with Crippen LogP contribution in [0.4, 0.5) is 0 Å². The van der Waals surface area contributed by atoms with Gasteiger partial charge in [0.05, 0.1) is 40.9 Å². The van der Waals surface area contributed by atoms with E-state index < -0.39 is 6.10 Å². The van der Waals surface area contributed by atoms with Crippen LogP contribution in [0.1, 0.15) is 24.5 Å². The number of benzene rings is 2. The quantitative estimate of drug-likeness (QED) is 0.372. The minimum atomic E-state index is -0.603. The van der Waals surface area contributed by atoms with E-state index in [4.69, 9.17) is 0 Å². The van der Waals surface area contributed by atoms with Crippen molar-refractivity contribution in [3.8, 4) is 0 Å². The van der Waals surface area contributed by atoms with E-state index >= 15 is 0 Å². The van der Waals surface area contributed by atoms with E-state index in [-0.39, 0.29) is 5.56 Å². The lowest BCUT2D eigenvalue weighted by Gasteiger charge is -2.13. The Morgan fingerprint density at radius 2 is 1.88 bits per heavy atom. The van der Waals surface area contributed by atoms with Crippen LogP contribution in [0.15, 0.2) is 52.7 Å². The number of aryl methyl sites for hydroxylation is 3. The molecule has 1 unspecified atom stereocenters. The number of hydrogen-bond acceptors (Lipinski definition) is 6. The van der Waals surface area contributed by atoms with Gasteiger partial charge in [-0.05, 0) is 55.7 Å². The van der Waals surface area contributed by atoms with Crippen molar-refractivity contribution in [2.75, 3.05) is 5.75 Å². The molecule has 1 N–H and O–H groups in total. The predicted octanol–water partition coefficient (Wildman–Crippen LogP) is 3.57. The highest BCUT2D eigenvalue weighted by atomic mass is 32.2. The van der Waals surface area contributed by atoms with Gasteiger partial charge in [0.1, 0.15) is 0 Å². The van der Waals surface area contributed by atoms with Gasteiger partial charge in [-0.1, -0.05) is 30.8 Å². The summed E-state index contributed by atoms with van der Waals surface area (Å²) in [7, 11) is 0. The zero-order valence-electron chi connectivity index (χ0n) is 18.9. The van der Waals surface area contributed by atoms with Crippen molar-refractivity contribution < 1.29 is 5.11 Å². The van der Waals surface area contributed by atoms with Crippen LogP contribution >= 0.6 is 11.8 Å². The van der Waals surface area contributed by atoms with Crippen molar-refractivity contribution in [3.05, 3.63) is 64.2 Å². The molecule has 0 aliphatic rings. The second-order valence-electron chi connectivity index (χ2n) is 8.38. The molecule has 1 atom stereocenters. The molecule has 5 rings (SSSR count). The van der Waals surface area contributed by atoms with Crippen molar-refractivity contribution >= 4 is 39.5 Å². The van der Waals surface area contributed by atoms with Gasteiger partial charge in [-0.3, -0.25) is 13.8 Å². The summed E-state index contributed by atoms with van der Waals surface area (Å²) in [6.07, 6.45) is 2.00. The van der Waals surface area contributed by atoms with Gasteiger partial charge < -0.3 is 9.67 Å². The molecular formula is C24H26N6O2S. The summed E-state index contributed by atoms with van der Waals surface area (Å²) in [6, 6.07) is 11.7. The van der Waals surface area contributed by atoms with E-state index in [1.54, 1.807) is 10.9 Å². The Bertz CT molecular complexity index is 1530. The van der Waals surface area contributed by atoms with Gasteiger partial charge in [0.15, 0.2) is 5.16 Å². The number of aliphatic hydroxyl groups is 1. The number of para-hydroxylation sites is 1. The third-order valence-corrected chi connectivity index (χ3v) is 7.05. The Morgan fingerprint density at radius 3 is 2.70 bits per heavy atom. The van der Waals surface area contributed by atoms with E-state index in [2.05, 4.69) is 41.2 Å². The smallest absolute Gasteiger partial charge is 0.262 e. The van der Waals surface area contributed by atoms with Gasteiger partial charge in [0.25, 0.3) is 5.56 Å². The second kappa shape index (κ2) is 8.64. The third-order valence-electron chi connectivity index (χ3n) is 5.97. The molecule has 5 aromatic rings. The van der Waals surface area contributed by atoms with Crippen LogP contribution < -0.4 is 5.56 Å². The third kappa shape index (κ3) is 3.81. The zero-order valence-corrected chi connectivity index (χ0v) is 19.7. The fourth-order valence-corrected chi connectivity index (χ4v) is 5.02. The van der Waals surface area contributed by atoms with E-state index in [0.29, 0.717) is 35.2 Å². The number of imidazole rings is 1. The minimum absolute atomic E-state index is 0.0542. The Hall–Kier alpha value is -3.17. The molecule has 0 radical (unpaired) electrons. The summed E-state index contributed by atoms with van der Waals surface area (Å²) < 4.78 is 5.59. The molecule has 0 spiro atoms. The summed E-state index contributed by atoms with van der Waals surface area (Å²) in [5.41, 5.74) is 5.08. The number of hydrogen-bond donors (Lipinski definition) is 1. The summed E-state index contributed by atoms with van der Waals surface area (Å²) in [6.45, 7) is 7.20. The van der Waals surface area contributed by atoms with Crippen molar-refractivity contribution in [2.24, 2.45) is 0 Å². The van der Waals surface area contributed by atoms with Crippen molar-refractivity contribution in [1.82, 2.24) is 28.7 Å². The van der Waals surface area contributed by atoms with Gasteiger partial charge in [-0.15, -0.1) is 10.2 Å². The van der Waals surface area contributed by atoms with Crippen LogP contribution in [0.3, 0.4) is 0 Å². The van der Waals surface area contributed by atoms with Gasteiger partial charge in [-0.25, -0.2) is 4.98 Å². The molecule has 0 amide bonds. The Morgan fingerprint density at radius 1 is 1.09 bits per heavy atom. The SMILES string of the molecule is CCCn1c(=O)c2ccccc2n2c(SCC(O)Cn3cnc4cc(C)c(C)cc43)nnc12. The fourth-order valence-electron chi connectivity index (χ4n) is 4.16. The Labute approximate surface area is 194 Å². The summed E-state index contributed by atoms with van der Waals surface area (Å²) >= 11 is 1.44. The highest BCUT2D eigenvalue weighted by Crippen LogP contribution is 2.24. The maximum Gasteiger partial charge on any atom is 0.262 e. The molecular weight excluding hydrogens is 436 g/mol. The largest absolute Gasteiger partial charge is 0.390 e. The number of thioether (sulfide) groups is 1. The van der Waals surface area contributed by atoms with Gasteiger partial charge in [0, 0.05) is 12.3 Å². The number of rotatable bonds is 7. The molecule has 8 nitrogen and oxygen atoms in total. The van der Waals surface area contributed by atoms with Gasteiger partial charge in [-0.2, -0.15) is 0 Å². The molecule has 9 heteroatoms. The summed E-state index contributed by atoms with van der Waals surface area (Å²) in [5.74, 6) is 0.969. The fraction of sp³-hybridized carbons (Fsp3) is 0.333. The first kappa shape index (κ1) is 21.7. The van der Waals surface area contributed by atoms with Gasteiger partial charge in [0.2, 0.25) is 5.78 Å². The monoisotopic (exact) mass is 462 g/mol. The predicted molar refractivity (Wildman–Crippen MR) is 131 cm³/mol. The van der Waals surface area contributed by atoms with Crippen LogP contribution in [0.25, 0.3) is 27.7 Å². The van der Waals surface area contributed by atoms with Crippen molar-refractivity contribution in [2.45, 2.75) is 51.5 Å². The maximum absolute atomic E-state index is 13.0. The number of fused-ring (bicyclic) bond motifs is 4. The molecule has 0 saturated carbocycles. The average molecular weight is 463 g/mol. The zero-order chi connectivity index (χ0) is 23.1. The molecule has 0 aliphatic carbocycles. The standard InChI is InChI=1S/C24H26N6O2S/c1-4-9-29-22(32)18-7-5-6-8-20(18)30-23(29)26-27-24(30)33-13-17(31)12-28-14-25-19-10-15(2)16(3)11-21(19)28/h5-8,10-11,14,17,31H,4,9,12-13H2,1-3H3. The molecule has 0 saturated heterocycles. The lowest BCUT2D eigenvalue weighted by Crippen LogP contribution is -2.23. The van der Waals surface area contributed by atoms with Crippen molar-refractivity contribution in [1.29, 1.82) is 0 Å². The van der Waals surface area contributed by atoms with E-state index in [1.807, 2.05) is 40.2 Å². The topological polar surface area (TPSA) is 90.2 Å². The van der Waals surface area contributed by atoms with E-state index in [9.17, 15) is 9.90 Å². The minimum Gasteiger partial charge on any atom is -0.390 e. The molecule has 33 heavy (non-hydrogen) atoms. The highest BCUT2D eigenvalue weighted by molar-refractivity contribution is 7.99. The van der Waals surface area contributed by atoms with Crippen molar-refractivity contribution in [3.63, 3.8) is 0 Å². The second-order valence-corrected chi connectivity index (χ2v) is 9.37. The maximum atomic E-state index is 13.0. The average Bonchev–Trinajstić information content (AvgIpc) is 3.40. The van der Waals surface area contributed by atoms with Gasteiger partial charge >= 0.3 is 0 Å². The number of aliphatic hydroxyl groups excluding tert-OH is 1. The molecule has 0 fully saturated rings. The first-order valence-corrected chi connectivity index (χ1v) is 12.1. The number of nitrogens with zero attached hydrogens (tertiary/aromatic N) is 6. The van der Waals surface area contributed by atoms with Crippen LogP contribution in [0.5, 0.6) is 0 Å². The normalized spacial score (nSPS) is 12.8. The first-order valence-electron chi connectivity index (χ1n) is 11.1.